The quantitative estimate of drug-likeness (QED) is 0.898. The van der Waals surface area contributed by atoms with Crippen molar-refractivity contribution in [3.05, 3.63) is 28.8 Å². The lowest BCUT2D eigenvalue weighted by molar-refractivity contribution is 0.0739. The van der Waals surface area contributed by atoms with E-state index in [9.17, 15) is 9.90 Å². The summed E-state index contributed by atoms with van der Waals surface area (Å²) in [6, 6.07) is 4.55. The molecule has 2 aliphatic rings. The molecule has 0 aromatic heterocycles. The summed E-state index contributed by atoms with van der Waals surface area (Å²) >= 11 is 6.08. The molecule has 1 aromatic carbocycles. The van der Waals surface area contributed by atoms with Crippen LogP contribution in [0.4, 0.5) is 0 Å². The first kappa shape index (κ1) is 12.8. The van der Waals surface area contributed by atoms with Crippen molar-refractivity contribution < 1.29 is 9.90 Å². The predicted molar refractivity (Wildman–Crippen MR) is 74.5 cm³/mol. The maximum Gasteiger partial charge on any atom is 0.255 e. The molecule has 3 nitrogen and oxygen atoms in total. The number of phenolic OH excluding ortho intramolecular Hbond substituents is 1. The number of hydrogen-bond donors (Lipinski definition) is 1. The molecule has 1 amide bonds. The molecule has 0 heterocycles. The fraction of sp³-hybridized carbons (Fsp3) is 0.533. The van der Waals surface area contributed by atoms with Crippen LogP contribution in [-0.4, -0.2) is 29.0 Å². The molecule has 1 N–H and O–H groups in total. The first-order valence-electron chi connectivity index (χ1n) is 6.91. The molecule has 0 aliphatic heterocycles. The summed E-state index contributed by atoms with van der Waals surface area (Å²) in [5.41, 5.74) is 0.419. The van der Waals surface area contributed by atoms with Crippen LogP contribution in [-0.2, 0) is 0 Å². The van der Waals surface area contributed by atoms with Crippen LogP contribution in [0.15, 0.2) is 18.2 Å². The van der Waals surface area contributed by atoms with Gasteiger partial charge in [0, 0.05) is 13.1 Å². The summed E-state index contributed by atoms with van der Waals surface area (Å²) < 4.78 is 0. The number of phenols is 1. The second kappa shape index (κ2) is 5.04. The lowest BCUT2D eigenvalue weighted by Crippen LogP contribution is -2.34. The van der Waals surface area contributed by atoms with Gasteiger partial charge in [0.1, 0.15) is 5.75 Å². The highest BCUT2D eigenvalue weighted by Gasteiger charge is 2.32. The van der Waals surface area contributed by atoms with Crippen molar-refractivity contribution in [3.63, 3.8) is 0 Å². The fourth-order valence-electron chi connectivity index (χ4n) is 2.31. The molecule has 0 unspecified atom stereocenters. The number of rotatable bonds is 5. The third kappa shape index (κ3) is 3.21. The minimum absolute atomic E-state index is 0.0419. The zero-order valence-corrected chi connectivity index (χ0v) is 11.6. The number of carbonyl (C=O) groups excluding carboxylic acids is 1. The SMILES string of the molecule is O=C(c1cc(O)ccc1Cl)N(CC1CC1)CC1CC1. The minimum Gasteiger partial charge on any atom is -0.508 e. The van der Waals surface area contributed by atoms with E-state index in [1.54, 1.807) is 6.07 Å². The van der Waals surface area contributed by atoms with Gasteiger partial charge in [-0.1, -0.05) is 11.6 Å². The van der Waals surface area contributed by atoms with Crippen molar-refractivity contribution in [1.29, 1.82) is 0 Å². The van der Waals surface area contributed by atoms with E-state index in [2.05, 4.69) is 0 Å². The molecule has 2 fully saturated rings. The Morgan fingerprint density at radius 1 is 1.21 bits per heavy atom. The first-order chi connectivity index (χ1) is 9.13. The third-order valence-electron chi connectivity index (χ3n) is 3.82. The van der Waals surface area contributed by atoms with Crippen molar-refractivity contribution in [3.8, 4) is 5.75 Å². The van der Waals surface area contributed by atoms with Crippen LogP contribution in [0.25, 0.3) is 0 Å². The van der Waals surface area contributed by atoms with Crippen molar-refractivity contribution in [2.75, 3.05) is 13.1 Å². The molecule has 0 bridgehead atoms. The molecule has 1 aromatic rings. The van der Waals surface area contributed by atoms with E-state index in [1.807, 2.05) is 4.90 Å². The normalized spacial score (nSPS) is 18.4. The van der Waals surface area contributed by atoms with Crippen LogP contribution in [0, 0.1) is 11.8 Å². The molecule has 0 radical (unpaired) electrons. The van der Waals surface area contributed by atoms with E-state index < -0.39 is 0 Å². The van der Waals surface area contributed by atoms with Crippen LogP contribution in [0.1, 0.15) is 36.0 Å². The van der Waals surface area contributed by atoms with Gasteiger partial charge in [-0.3, -0.25) is 4.79 Å². The monoisotopic (exact) mass is 279 g/mol. The van der Waals surface area contributed by atoms with Gasteiger partial charge < -0.3 is 10.0 Å². The standard InChI is InChI=1S/C15H18ClNO2/c16-14-6-5-12(18)7-13(14)15(19)17(8-10-1-2-10)9-11-3-4-11/h5-7,10-11,18H,1-4,8-9H2. The van der Waals surface area contributed by atoms with Gasteiger partial charge in [-0.05, 0) is 55.7 Å². The highest BCUT2D eigenvalue weighted by molar-refractivity contribution is 6.33. The number of benzene rings is 1. The molecule has 3 rings (SSSR count). The Morgan fingerprint density at radius 2 is 1.79 bits per heavy atom. The van der Waals surface area contributed by atoms with Gasteiger partial charge in [0.05, 0.1) is 10.6 Å². The average Bonchev–Trinajstić information content (AvgIpc) is 3.25. The van der Waals surface area contributed by atoms with Crippen molar-refractivity contribution in [1.82, 2.24) is 4.90 Å². The fourth-order valence-corrected chi connectivity index (χ4v) is 2.51. The van der Waals surface area contributed by atoms with Gasteiger partial charge in [-0.25, -0.2) is 0 Å². The van der Waals surface area contributed by atoms with Crippen molar-refractivity contribution in [2.24, 2.45) is 11.8 Å². The molecular weight excluding hydrogens is 262 g/mol. The van der Waals surface area contributed by atoms with Crippen LogP contribution in [0.5, 0.6) is 5.75 Å². The molecule has 0 saturated heterocycles. The Morgan fingerprint density at radius 3 is 2.32 bits per heavy atom. The first-order valence-corrected chi connectivity index (χ1v) is 7.29. The van der Waals surface area contributed by atoms with E-state index in [1.165, 1.54) is 37.8 Å². The Kier molecular flexibility index (Phi) is 3.40. The number of aromatic hydroxyl groups is 1. The maximum atomic E-state index is 12.6. The Hall–Kier alpha value is -1.22. The van der Waals surface area contributed by atoms with E-state index >= 15 is 0 Å². The average molecular weight is 280 g/mol. The summed E-state index contributed by atoms with van der Waals surface area (Å²) in [5, 5.41) is 9.94. The molecule has 2 aliphatic carbocycles. The lowest BCUT2D eigenvalue weighted by atomic mass is 10.1. The summed E-state index contributed by atoms with van der Waals surface area (Å²) in [7, 11) is 0. The number of carbonyl (C=O) groups is 1. The maximum absolute atomic E-state index is 12.6. The number of hydrogen-bond acceptors (Lipinski definition) is 2. The second-order valence-electron chi connectivity index (χ2n) is 5.76. The zero-order chi connectivity index (χ0) is 13.4. The molecule has 102 valence electrons. The Balaban J connectivity index is 1.78. The van der Waals surface area contributed by atoms with Crippen LogP contribution in [0.2, 0.25) is 5.02 Å². The summed E-state index contributed by atoms with van der Waals surface area (Å²) in [6.07, 6.45) is 4.90. The Labute approximate surface area is 118 Å². The molecule has 19 heavy (non-hydrogen) atoms. The summed E-state index contributed by atoms with van der Waals surface area (Å²) in [6.45, 7) is 1.67. The summed E-state index contributed by atoms with van der Waals surface area (Å²) in [5.74, 6) is 1.38. The number of halogens is 1. The van der Waals surface area contributed by atoms with Crippen LogP contribution in [0.3, 0.4) is 0 Å². The zero-order valence-electron chi connectivity index (χ0n) is 10.8. The van der Waals surface area contributed by atoms with E-state index in [0.717, 1.165) is 13.1 Å². The molecule has 4 heteroatoms. The van der Waals surface area contributed by atoms with E-state index in [-0.39, 0.29) is 11.7 Å². The van der Waals surface area contributed by atoms with Crippen LogP contribution < -0.4 is 0 Å². The lowest BCUT2D eigenvalue weighted by Gasteiger charge is -2.23. The van der Waals surface area contributed by atoms with E-state index in [4.69, 9.17) is 11.6 Å². The minimum atomic E-state index is -0.0419. The smallest absolute Gasteiger partial charge is 0.255 e. The Bertz CT molecular complexity index is 481. The van der Waals surface area contributed by atoms with Gasteiger partial charge in [0.15, 0.2) is 0 Å². The van der Waals surface area contributed by atoms with Gasteiger partial charge in [-0.2, -0.15) is 0 Å². The number of nitrogens with zero attached hydrogens (tertiary/aromatic N) is 1. The van der Waals surface area contributed by atoms with Crippen molar-refractivity contribution >= 4 is 17.5 Å². The third-order valence-corrected chi connectivity index (χ3v) is 4.15. The van der Waals surface area contributed by atoms with E-state index in [0.29, 0.717) is 22.4 Å². The van der Waals surface area contributed by atoms with Gasteiger partial charge >= 0.3 is 0 Å². The highest BCUT2D eigenvalue weighted by atomic mass is 35.5. The predicted octanol–water partition coefficient (Wildman–Crippen LogP) is 3.31. The second-order valence-corrected chi connectivity index (χ2v) is 6.17. The summed E-state index contributed by atoms with van der Waals surface area (Å²) in [4.78, 5) is 14.5. The van der Waals surface area contributed by atoms with Crippen molar-refractivity contribution in [2.45, 2.75) is 25.7 Å². The molecule has 2 saturated carbocycles. The van der Waals surface area contributed by atoms with Gasteiger partial charge in [0.25, 0.3) is 5.91 Å². The molecular formula is C15H18ClNO2. The van der Waals surface area contributed by atoms with Gasteiger partial charge in [0.2, 0.25) is 0 Å². The molecule has 0 atom stereocenters. The molecule has 0 spiro atoms. The van der Waals surface area contributed by atoms with Gasteiger partial charge in [-0.15, -0.1) is 0 Å². The highest BCUT2D eigenvalue weighted by Crippen LogP contribution is 2.35. The van der Waals surface area contributed by atoms with Crippen LogP contribution >= 0.6 is 11.6 Å². The largest absolute Gasteiger partial charge is 0.508 e. The number of amides is 1. The topological polar surface area (TPSA) is 40.5 Å².